The summed E-state index contributed by atoms with van der Waals surface area (Å²) < 4.78 is 31.4. The van der Waals surface area contributed by atoms with Crippen molar-refractivity contribution in [1.29, 1.82) is 0 Å². The molecular weight excluding hydrogens is 1020 g/mol. The number of nitrogens with zero attached hydrogens (tertiary/aromatic N) is 1. The number of aliphatic hydroxyl groups is 1. The zero-order valence-electron chi connectivity index (χ0n) is 51.0. The highest BCUT2D eigenvalue weighted by Gasteiger charge is 2.62. The van der Waals surface area contributed by atoms with E-state index >= 15 is 0 Å². The summed E-state index contributed by atoms with van der Waals surface area (Å²) in [5.74, 6) is 6.12. The Morgan fingerprint density at radius 1 is 0.659 bits per heavy atom. The van der Waals surface area contributed by atoms with Gasteiger partial charge in [-0.15, -0.1) is 0 Å². The summed E-state index contributed by atoms with van der Waals surface area (Å²) in [6.45, 7) is 21.7. The number of allylic oxidation sites excluding steroid dienone is 4. The van der Waals surface area contributed by atoms with Crippen LogP contribution in [0.2, 0.25) is 0 Å². The molecule has 444 valence electrons. The lowest BCUT2D eigenvalue weighted by Gasteiger charge is -2.49. The van der Waals surface area contributed by atoms with E-state index < -0.39 is 6.16 Å². The summed E-state index contributed by atoms with van der Waals surface area (Å²) in [6, 6.07) is 20.3. The van der Waals surface area contributed by atoms with Gasteiger partial charge in [0, 0.05) is 30.8 Å². The number of aliphatic hydroxyl groups excluding tert-OH is 1. The number of fused-ring (bicyclic) bond motifs is 12. The highest BCUT2D eigenvalue weighted by atomic mass is 16.7. The zero-order chi connectivity index (χ0) is 56.9. The van der Waals surface area contributed by atoms with E-state index in [-0.39, 0.29) is 59.6 Å². The smallest absolute Gasteiger partial charge is 0.445 e. The minimum absolute atomic E-state index is 0.0417. The van der Waals surface area contributed by atoms with E-state index in [1.165, 1.54) is 49.7 Å². The summed E-state index contributed by atoms with van der Waals surface area (Å²) in [5, 5.41) is 14.1. The lowest BCUT2D eigenvalue weighted by atomic mass is 9.56. The van der Waals surface area contributed by atoms with Crippen LogP contribution in [0, 0.1) is 70.0 Å². The first-order valence-corrected chi connectivity index (χ1v) is 32.8. The van der Waals surface area contributed by atoms with Gasteiger partial charge in [0.05, 0.1) is 35.6 Å². The molecule has 0 radical (unpaired) electrons. The van der Waals surface area contributed by atoms with Crippen molar-refractivity contribution in [3.63, 3.8) is 0 Å². The summed E-state index contributed by atoms with van der Waals surface area (Å²) in [6.07, 6.45) is 24.2. The van der Waals surface area contributed by atoms with Crippen LogP contribution in [-0.2, 0) is 36.9 Å². The lowest BCUT2D eigenvalue weighted by molar-refractivity contribution is -0.0784. The predicted octanol–water partition coefficient (Wildman–Crippen LogP) is 15.2. The van der Waals surface area contributed by atoms with Crippen LogP contribution in [0.15, 0.2) is 106 Å². The Labute approximate surface area is 491 Å². The number of ether oxygens (including phenoxy) is 5. The van der Waals surface area contributed by atoms with Gasteiger partial charge in [0.1, 0.15) is 19.3 Å². The number of hydrogen-bond acceptors (Lipinski definition) is 9. The molecule has 20 atom stereocenters. The lowest BCUT2D eigenvalue weighted by Crippen LogP contribution is -2.54. The van der Waals surface area contributed by atoms with Crippen molar-refractivity contribution < 1.29 is 38.4 Å². The molecule has 8 aliphatic carbocycles. The van der Waals surface area contributed by atoms with E-state index in [0.717, 1.165) is 125 Å². The van der Waals surface area contributed by atoms with Gasteiger partial charge in [-0.25, -0.2) is 9.59 Å². The molecule has 14 rings (SSSR count). The number of piperidine rings is 2. The SMILES string of the molecule is CC1=C2C[C@H]3[C@@H](CC=C4C[C@@H](O)CC[C@@]43C)[C@@H]2CC[C@@]2(C1)O[C@@H]1C[C@H](C)CN[C@H]1[C@H]2C.CC1=C2C[C@H]3[C@@H](CC=C4C[C@@H](OC(=O)OCc5ccccc5)CC[C@@]43C)[C@@H]2CC[C@@]2(C1)O[C@@H]1C[C@H](C)CN(C(=O)OCc3ccccc3)[C@H]1[C@H]2C. The maximum absolute atomic E-state index is 13.6. The predicted molar refractivity (Wildman–Crippen MR) is 320 cm³/mol. The Morgan fingerprint density at radius 3 is 1.83 bits per heavy atom. The topological polar surface area (TPSA) is 116 Å². The quantitative estimate of drug-likeness (QED) is 0.223. The standard InChI is InChI=1S/C44H55NO6.C28H43NO2/c1-28-21-39-40(45(25-28)41(46)48-26-31-11-7-5-8-12-31)30(3)44(51-39)20-18-35-36-16-15-33-22-34(50-42(47)49-27-32-13-9-6-10-14-32)17-19-43(33,4)38(36)23-37(35)29(2)24-44;1-16-11-25-26(29-15-16)18(3)28(31-25)10-8-21-22-6-5-19-12-20(30)7-9-27(19,4)24(22)13-23(21)17(2)14-28/h5-15,28,30,34-36,38-40H,16-27H2,1-4H3;5,16,18,20-22,24-26,29-30H,6-15H2,1-4H3/t28-,30+,34-,35-,36-,38-,39+,40-,43-,44-;16-,18+,20-,21-,22-,24-,25+,26-,27-,28-/m00/s1. The van der Waals surface area contributed by atoms with Gasteiger partial charge in [-0.1, -0.05) is 148 Å². The largest absolute Gasteiger partial charge is 0.508 e. The van der Waals surface area contributed by atoms with E-state index in [1.54, 1.807) is 22.3 Å². The second kappa shape index (κ2) is 22.2. The van der Waals surface area contributed by atoms with Gasteiger partial charge in [-0.3, -0.25) is 0 Å². The van der Waals surface area contributed by atoms with Crippen molar-refractivity contribution in [2.45, 2.75) is 232 Å². The van der Waals surface area contributed by atoms with Crippen LogP contribution in [0.1, 0.15) is 182 Å². The number of amides is 1. The van der Waals surface area contributed by atoms with Crippen LogP contribution in [0.3, 0.4) is 0 Å². The number of carbonyl (C=O) groups excluding carboxylic acids is 2. The Morgan fingerprint density at radius 2 is 1.21 bits per heavy atom. The van der Waals surface area contributed by atoms with Crippen molar-refractivity contribution in [2.24, 2.45) is 70.0 Å². The van der Waals surface area contributed by atoms with E-state index in [4.69, 9.17) is 23.7 Å². The molecule has 0 unspecified atom stereocenters. The fourth-order valence-electron chi connectivity index (χ4n) is 20.6. The average Bonchev–Trinajstić information content (AvgIpc) is 2.60. The number of likely N-dealkylation sites (tertiary alicyclic amines) is 1. The first-order valence-electron chi connectivity index (χ1n) is 32.8. The minimum Gasteiger partial charge on any atom is -0.445 e. The second-order valence-corrected chi connectivity index (χ2v) is 29.7. The van der Waals surface area contributed by atoms with Crippen LogP contribution in [0.4, 0.5) is 9.59 Å². The van der Waals surface area contributed by atoms with Gasteiger partial charge >= 0.3 is 12.2 Å². The van der Waals surface area contributed by atoms with Crippen molar-refractivity contribution in [2.75, 3.05) is 13.1 Å². The fourth-order valence-corrected chi connectivity index (χ4v) is 20.6. The second-order valence-electron chi connectivity index (χ2n) is 29.7. The average molecular weight is 1120 g/mol. The first-order chi connectivity index (χ1) is 39.4. The number of carbonyl (C=O) groups is 2. The molecule has 2 aromatic carbocycles. The van der Waals surface area contributed by atoms with Crippen molar-refractivity contribution in [1.82, 2.24) is 10.2 Å². The summed E-state index contributed by atoms with van der Waals surface area (Å²) >= 11 is 0. The third kappa shape index (κ3) is 10.1. The normalized spacial score (nSPS) is 43.5. The summed E-state index contributed by atoms with van der Waals surface area (Å²) in [7, 11) is 0. The molecule has 10 heteroatoms. The Balaban J connectivity index is 0.000000173. The minimum atomic E-state index is -0.565. The third-order valence-electron chi connectivity index (χ3n) is 25.1. The van der Waals surface area contributed by atoms with Crippen LogP contribution < -0.4 is 5.32 Å². The van der Waals surface area contributed by atoms with Crippen molar-refractivity contribution >= 4 is 12.2 Å². The molecule has 4 saturated heterocycles. The molecule has 82 heavy (non-hydrogen) atoms. The van der Waals surface area contributed by atoms with Gasteiger partial charge in [-0.2, -0.15) is 0 Å². The van der Waals surface area contributed by atoms with Gasteiger partial charge in [0.15, 0.2) is 0 Å². The highest BCUT2D eigenvalue weighted by Crippen LogP contribution is 2.66. The number of rotatable bonds is 5. The summed E-state index contributed by atoms with van der Waals surface area (Å²) in [5.41, 5.74) is 12.0. The molecule has 8 fully saturated rings. The molecular formula is C72H98N2O8. The molecule has 1 amide bonds. The molecule has 12 aliphatic rings. The number of hydrogen-bond donors (Lipinski definition) is 2. The Kier molecular flexibility index (Phi) is 15.4. The maximum atomic E-state index is 13.6. The number of benzene rings is 2. The maximum Gasteiger partial charge on any atom is 0.508 e. The monoisotopic (exact) mass is 1120 g/mol. The van der Waals surface area contributed by atoms with Gasteiger partial charge in [-0.05, 0) is 199 Å². The van der Waals surface area contributed by atoms with E-state index in [1.807, 2.05) is 65.6 Å². The van der Waals surface area contributed by atoms with Crippen LogP contribution in [0.5, 0.6) is 0 Å². The van der Waals surface area contributed by atoms with E-state index in [0.29, 0.717) is 53.8 Å². The summed E-state index contributed by atoms with van der Waals surface area (Å²) in [4.78, 5) is 28.2. The first kappa shape index (κ1) is 56.9. The molecule has 0 bridgehead atoms. The van der Waals surface area contributed by atoms with Crippen molar-refractivity contribution in [3.8, 4) is 0 Å². The molecule has 0 aromatic heterocycles. The molecule has 2 N–H and O–H groups in total. The fraction of sp³-hybridized carbons (Fsp3) is 0.694. The Hall–Kier alpha value is -4.22. The molecule has 2 aromatic rings. The molecule has 4 saturated carbocycles. The van der Waals surface area contributed by atoms with E-state index in [2.05, 4.69) is 72.9 Å². The molecule has 10 nitrogen and oxygen atoms in total. The van der Waals surface area contributed by atoms with Crippen LogP contribution in [-0.4, -0.2) is 83.0 Å². The Bertz CT molecular complexity index is 2840. The molecule has 4 heterocycles. The molecule has 4 aliphatic heterocycles. The van der Waals surface area contributed by atoms with Gasteiger partial charge in [0.2, 0.25) is 0 Å². The third-order valence-corrected chi connectivity index (χ3v) is 25.1. The highest BCUT2D eigenvalue weighted by molar-refractivity contribution is 5.68. The van der Waals surface area contributed by atoms with E-state index in [9.17, 15) is 14.7 Å². The van der Waals surface area contributed by atoms with Gasteiger partial charge in [0.25, 0.3) is 0 Å². The number of nitrogens with one attached hydrogen (secondary N) is 1. The van der Waals surface area contributed by atoms with Gasteiger partial charge < -0.3 is 39.0 Å². The molecule has 2 spiro atoms. The van der Waals surface area contributed by atoms with Crippen LogP contribution in [0.25, 0.3) is 0 Å². The van der Waals surface area contributed by atoms with Crippen molar-refractivity contribution in [3.05, 3.63) is 117 Å². The van der Waals surface area contributed by atoms with Crippen LogP contribution >= 0.6 is 0 Å². The zero-order valence-corrected chi connectivity index (χ0v) is 51.0.